The molecule has 0 saturated heterocycles. The van der Waals surface area contributed by atoms with E-state index in [-0.39, 0.29) is 0 Å². The highest BCUT2D eigenvalue weighted by atomic mass is 13.9. The van der Waals surface area contributed by atoms with Gasteiger partial charge in [0.05, 0.1) is 0 Å². The molecule has 0 aliphatic rings. The summed E-state index contributed by atoms with van der Waals surface area (Å²) in [5.74, 6) is 6.39. The lowest BCUT2D eigenvalue weighted by Gasteiger charge is -1.95. The first-order valence-electron chi connectivity index (χ1n) is 3.00. The van der Waals surface area contributed by atoms with Crippen molar-refractivity contribution in [1.82, 2.24) is 0 Å². The second kappa shape index (κ2) is 4.71. The van der Waals surface area contributed by atoms with Crippen LogP contribution in [0.1, 0.15) is 26.7 Å². The van der Waals surface area contributed by atoms with Crippen LogP contribution in [0.3, 0.4) is 0 Å². The zero-order valence-electron chi connectivity index (χ0n) is 5.70. The van der Waals surface area contributed by atoms with E-state index >= 15 is 0 Å². The van der Waals surface area contributed by atoms with Gasteiger partial charge in [-0.05, 0) is 19.3 Å². The molecule has 0 aromatic carbocycles. The standard InChI is InChI=1S/C8H13/c1-4-5-6-7-8(2)3/h8H,2,6-7H2,1,3H3. The summed E-state index contributed by atoms with van der Waals surface area (Å²) < 4.78 is 0. The molecule has 45 valence electrons. The van der Waals surface area contributed by atoms with Gasteiger partial charge in [-0.3, -0.25) is 0 Å². The summed E-state index contributed by atoms with van der Waals surface area (Å²) in [6.45, 7) is 7.82. The zero-order chi connectivity index (χ0) is 6.41. The van der Waals surface area contributed by atoms with Crippen LogP contribution in [0.4, 0.5) is 0 Å². The quantitative estimate of drug-likeness (QED) is 0.477. The first kappa shape index (κ1) is 7.56. The molecule has 0 nitrogen and oxygen atoms in total. The van der Waals surface area contributed by atoms with Gasteiger partial charge in [-0.1, -0.05) is 13.8 Å². The molecule has 0 heteroatoms. The lowest BCUT2D eigenvalue weighted by Crippen LogP contribution is -1.83. The molecule has 0 bridgehead atoms. The van der Waals surface area contributed by atoms with Crippen LogP contribution in [0, 0.1) is 24.7 Å². The van der Waals surface area contributed by atoms with Gasteiger partial charge in [-0.25, -0.2) is 0 Å². The molecule has 0 amide bonds. The Bertz CT molecular complexity index is 90.3. The largest absolute Gasteiger partial charge is 0.107 e. The van der Waals surface area contributed by atoms with Crippen LogP contribution in [0.2, 0.25) is 0 Å². The molecule has 0 aliphatic heterocycles. The SMILES string of the molecule is [CH2]C(C)CCC#CC. The highest BCUT2D eigenvalue weighted by Crippen LogP contribution is 2.00. The maximum Gasteiger partial charge on any atom is 0.00911 e. The Kier molecular flexibility index (Phi) is 4.45. The van der Waals surface area contributed by atoms with Crippen LogP contribution in [-0.2, 0) is 0 Å². The Morgan fingerprint density at radius 1 is 1.62 bits per heavy atom. The third kappa shape index (κ3) is 5.56. The van der Waals surface area contributed by atoms with E-state index in [1.165, 1.54) is 0 Å². The van der Waals surface area contributed by atoms with Gasteiger partial charge in [0.2, 0.25) is 0 Å². The fraction of sp³-hybridized carbons (Fsp3) is 0.625. The number of rotatable bonds is 2. The molecule has 0 aromatic rings. The summed E-state index contributed by atoms with van der Waals surface area (Å²) in [4.78, 5) is 0. The number of hydrogen-bond acceptors (Lipinski definition) is 0. The van der Waals surface area contributed by atoms with Crippen LogP contribution < -0.4 is 0 Å². The van der Waals surface area contributed by atoms with E-state index in [4.69, 9.17) is 0 Å². The second-order valence-electron chi connectivity index (χ2n) is 2.07. The third-order valence-corrected chi connectivity index (χ3v) is 0.939. The highest BCUT2D eigenvalue weighted by Gasteiger charge is 1.88. The van der Waals surface area contributed by atoms with Crippen molar-refractivity contribution in [3.8, 4) is 11.8 Å². The molecular weight excluding hydrogens is 96.1 g/mol. The van der Waals surface area contributed by atoms with Crippen molar-refractivity contribution in [3.63, 3.8) is 0 Å². The lowest BCUT2D eigenvalue weighted by molar-refractivity contribution is 0.661. The van der Waals surface area contributed by atoms with E-state index in [0.717, 1.165) is 12.8 Å². The summed E-state index contributed by atoms with van der Waals surface area (Å²) >= 11 is 0. The van der Waals surface area contributed by atoms with Crippen LogP contribution in [0.5, 0.6) is 0 Å². The van der Waals surface area contributed by atoms with Gasteiger partial charge in [0, 0.05) is 6.42 Å². The normalized spacial score (nSPS) is 8.50. The lowest BCUT2D eigenvalue weighted by atomic mass is 10.1. The minimum Gasteiger partial charge on any atom is -0.107 e. The van der Waals surface area contributed by atoms with Crippen molar-refractivity contribution in [2.24, 2.45) is 5.92 Å². The fourth-order valence-corrected chi connectivity index (χ4v) is 0.444. The van der Waals surface area contributed by atoms with Crippen LogP contribution >= 0.6 is 0 Å². The Morgan fingerprint density at radius 3 is 2.62 bits per heavy atom. The molecule has 0 saturated carbocycles. The molecule has 0 spiro atoms. The van der Waals surface area contributed by atoms with E-state index in [1.807, 2.05) is 6.92 Å². The highest BCUT2D eigenvalue weighted by molar-refractivity contribution is 4.94. The number of hydrogen-bond donors (Lipinski definition) is 0. The van der Waals surface area contributed by atoms with Crippen LogP contribution in [-0.4, -0.2) is 0 Å². The average Bonchev–Trinajstić information content (AvgIpc) is 1.66. The van der Waals surface area contributed by atoms with Gasteiger partial charge in [0.15, 0.2) is 0 Å². The molecule has 0 heterocycles. The van der Waals surface area contributed by atoms with Crippen LogP contribution in [0.15, 0.2) is 0 Å². The van der Waals surface area contributed by atoms with E-state index in [1.54, 1.807) is 0 Å². The topological polar surface area (TPSA) is 0 Å². The average molecular weight is 109 g/mol. The molecule has 0 N–H and O–H groups in total. The summed E-state index contributed by atoms with van der Waals surface area (Å²) in [5, 5.41) is 0. The maximum atomic E-state index is 3.84. The first-order valence-corrected chi connectivity index (χ1v) is 3.00. The predicted molar refractivity (Wildman–Crippen MR) is 37.2 cm³/mol. The molecule has 0 fully saturated rings. The third-order valence-electron chi connectivity index (χ3n) is 0.939. The Balaban J connectivity index is 3.01. The molecule has 1 unspecified atom stereocenters. The fourth-order valence-electron chi connectivity index (χ4n) is 0.444. The summed E-state index contributed by atoms with van der Waals surface area (Å²) in [7, 11) is 0. The van der Waals surface area contributed by atoms with Gasteiger partial charge in [-0.2, -0.15) is 0 Å². The summed E-state index contributed by atoms with van der Waals surface area (Å²) in [5.41, 5.74) is 0. The molecule has 0 rings (SSSR count). The Labute approximate surface area is 52.3 Å². The van der Waals surface area contributed by atoms with Crippen molar-refractivity contribution in [2.45, 2.75) is 26.7 Å². The van der Waals surface area contributed by atoms with Gasteiger partial charge in [-0.15, -0.1) is 11.8 Å². The molecular formula is C8H13. The molecule has 8 heavy (non-hydrogen) atoms. The summed E-state index contributed by atoms with van der Waals surface area (Å²) in [6, 6.07) is 0. The van der Waals surface area contributed by atoms with E-state index in [9.17, 15) is 0 Å². The van der Waals surface area contributed by atoms with Crippen molar-refractivity contribution in [2.75, 3.05) is 0 Å². The minimum atomic E-state index is 0.552. The van der Waals surface area contributed by atoms with Crippen molar-refractivity contribution in [1.29, 1.82) is 0 Å². The van der Waals surface area contributed by atoms with Crippen molar-refractivity contribution in [3.05, 3.63) is 6.92 Å². The van der Waals surface area contributed by atoms with Gasteiger partial charge >= 0.3 is 0 Å². The molecule has 1 atom stereocenters. The smallest absolute Gasteiger partial charge is 0.00911 e. The second-order valence-corrected chi connectivity index (χ2v) is 2.07. The summed E-state index contributed by atoms with van der Waals surface area (Å²) in [6.07, 6.45) is 2.13. The van der Waals surface area contributed by atoms with Crippen molar-refractivity contribution >= 4 is 0 Å². The van der Waals surface area contributed by atoms with Gasteiger partial charge < -0.3 is 0 Å². The van der Waals surface area contributed by atoms with E-state index in [0.29, 0.717) is 5.92 Å². The zero-order valence-corrected chi connectivity index (χ0v) is 5.70. The molecule has 0 aliphatic carbocycles. The molecule has 1 radical (unpaired) electrons. The Hall–Kier alpha value is -0.440. The van der Waals surface area contributed by atoms with Crippen LogP contribution in [0.25, 0.3) is 0 Å². The maximum absolute atomic E-state index is 3.84. The minimum absolute atomic E-state index is 0.552. The van der Waals surface area contributed by atoms with Gasteiger partial charge in [0.1, 0.15) is 0 Å². The van der Waals surface area contributed by atoms with E-state index < -0.39 is 0 Å². The first-order chi connectivity index (χ1) is 3.77. The van der Waals surface area contributed by atoms with Gasteiger partial charge in [0.25, 0.3) is 0 Å². The molecule has 0 aromatic heterocycles. The van der Waals surface area contributed by atoms with Crippen molar-refractivity contribution < 1.29 is 0 Å². The predicted octanol–water partition coefficient (Wildman–Crippen LogP) is 2.26. The Morgan fingerprint density at radius 2 is 2.25 bits per heavy atom. The van der Waals surface area contributed by atoms with E-state index in [2.05, 4.69) is 25.7 Å². The monoisotopic (exact) mass is 109 g/mol.